The minimum absolute atomic E-state index is 0.0858. The van der Waals surface area contributed by atoms with Gasteiger partial charge in [-0.15, -0.1) is 0 Å². The van der Waals surface area contributed by atoms with Crippen molar-refractivity contribution in [3.05, 3.63) is 51.3 Å². The highest BCUT2D eigenvalue weighted by Crippen LogP contribution is 2.46. The molecule has 176 valence electrons. The van der Waals surface area contributed by atoms with Gasteiger partial charge in [0, 0.05) is 48.3 Å². The lowest BCUT2D eigenvalue weighted by atomic mass is 10.00. The molecule has 3 aliphatic rings. The van der Waals surface area contributed by atoms with E-state index < -0.39 is 6.61 Å². The van der Waals surface area contributed by atoms with Crippen LogP contribution >= 0.6 is 0 Å². The zero-order valence-electron chi connectivity index (χ0n) is 18.5. The van der Waals surface area contributed by atoms with Crippen LogP contribution in [0.4, 0.5) is 0 Å². The summed E-state index contributed by atoms with van der Waals surface area (Å²) in [6.45, 7) is 4.01. The molecule has 9 heteroatoms. The lowest BCUT2D eigenvalue weighted by Crippen LogP contribution is -2.37. The normalized spacial score (nSPS) is 16.8. The van der Waals surface area contributed by atoms with E-state index in [0.717, 1.165) is 19.6 Å². The van der Waals surface area contributed by atoms with E-state index in [9.17, 15) is 19.8 Å². The van der Waals surface area contributed by atoms with Gasteiger partial charge in [0.25, 0.3) is 5.56 Å². The third-order valence-corrected chi connectivity index (χ3v) is 6.84. The smallest absolute Gasteiger partial charge is 0.259 e. The van der Waals surface area contributed by atoms with Crippen LogP contribution < -0.4 is 15.0 Å². The van der Waals surface area contributed by atoms with Crippen LogP contribution in [0.2, 0.25) is 0 Å². The van der Waals surface area contributed by atoms with Crippen molar-refractivity contribution in [3.8, 4) is 28.5 Å². The number of carbonyl (C=O) groups excluding carboxylic acids is 1. The van der Waals surface area contributed by atoms with Gasteiger partial charge in [-0.25, -0.2) is 0 Å². The Bertz CT molecular complexity index is 1390. The van der Waals surface area contributed by atoms with Crippen LogP contribution in [-0.4, -0.2) is 65.1 Å². The second-order valence-electron chi connectivity index (χ2n) is 8.75. The number of aromatic nitrogens is 1. The molecular weight excluding hydrogens is 440 g/mol. The minimum Gasteiger partial charge on any atom is -0.508 e. The zero-order chi connectivity index (χ0) is 23.4. The highest BCUT2D eigenvalue weighted by molar-refractivity contribution is 6.27. The molecule has 1 fully saturated rings. The van der Waals surface area contributed by atoms with Crippen molar-refractivity contribution in [1.82, 2.24) is 9.47 Å². The number of rotatable bonds is 5. The Labute approximate surface area is 194 Å². The van der Waals surface area contributed by atoms with E-state index in [1.165, 1.54) is 12.1 Å². The number of phenols is 1. The number of aliphatic hydroxyl groups is 1. The third kappa shape index (κ3) is 3.19. The number of hydrogen-bond acceptors (Lipinski definition) is 8. The van der Waals surface area contributed by atoms with Gasteiger partial charge in [-0.1, -0.05) is 0 Å². The van der Waals surface area contributed by atoms with Gasteiger partial charge in [-0.2, -0.15) is 0 Å². The summed E-state index contributed by atoms with van der Waals surface area (Å²) in [7, 11) is 0. The van der Waals surface area contributed by atoms with Crippen LogP contribution in [0.1, 0.15) is 27.9 Å². The average molecular weight is 464 g/mol. The van der Waals surface area contributed by atoms with E-state index in [4.69, 9.17) is 14.2 Å². The molecule has 0 radical (unpaired) electrons. The average Bonchev–Trinajstić information content (AvgIpc) is 3.42. The summed E-state index contributed by atoms with van der Waals surface area (Å²) < 4.78 is 18.1. The highest BCUT2D eigenvalue weighted by Gasteiger charge is 2.35. The molecule has 0 amide bonds. The van der Waals surface area contributed by atoms with Gasteiger partial charge in [0.2, 0.25) is 6.79 Å². The summed E-state index contributed by atoms with van der Waals surface area (Å²) in [6, 6.07) is 6.32. The number of ketones is 1. The molecule has 0 bridgehead atoms. The van der Waals surface area contributed by atoms with Crippen LogP contribution in [0.25, 0.3) is 22.0 Å². The van der Waals surface area contributed by atoms with Gasteiger partial charge in [-0.3, -0.25) is 14.5 Å². The number of aromatic hydroxyl groups is 1. The number of morpholine rings is 1. The molecular formula is C25H24N2O7. The van der Waals surface area contributed by atoms with Gasteiger partial charge in [0.1, 0.15) is 5.75 Å². The van der Waals surface area contributed by atoms with Crippen LogP contribution in [0, 0.1) is 0 Å². The second-order valence-corrected chi connectivity index (χ2v) is 8.75. The molecule has 0 saturated carbocycles. The Morgan fingerprint density at radius 2 is 1.65 bits per heavy atom. The second kappa shape index (κ2) is 8.12. The molecule has 2 aromatic carbocycles. The number of pyridine rings is 1. The number of carbonyl (C=O) groups is 1. The molecule has 6 rings (SSSR count). The molecule has 9 nitrogen and oxygen atoms in total. The Kier molecular flexibility index (Phi) is 5.05. The molecule has 0 spiro atoms. The molecule has 3 aromatic rings. The molecule has 34 heavy (non-hydrogen) atoms. The SMILES string of the molecule is O=C1c2cc3c(cc2-c2c1c1cc(CO)c(O)cc1c(=O)n2CCCN1CCOCC1)OCO3. The van der Waals surface area contributed by atoms with Gasteiger partial charge in [-0.05, 0) is 30.7 Å². The summed E-state index contributed by atoms with van der Waals surface area (Å²) in [6.07, 6.45) is 0.715. The first-order valence-electron chi connectivity index (χ1n) is 11.4. The number of aliphatic hydroxyl groups excluding tert-OH is 1. The summed E-state index contributed by atoms with van der Waals surface area (Å²) >= 11 is 0. The monoisotopic (exact) mass is 464 g/mol. The minimum atomic E-state index is -0.406. The standard InChI is InChI=1S/C25H24N2O7/c28-12-14-8-15-18(9-19(14)29)25(31)27(3-1-2-26-4-6-32-7-5-26)23-16-10-20-21(34-13-33-20)11-17(16)24(30)22(15)23/h8-11,28-29H,1-7,12-13H2. The summed E-state index contributed by atoms with van der Waals surface area (Å²) in [5.74, 6) is 0.646. The summed E-state index contributed by atoms with van der Waals surface area (Å²) in [5.41, 5.74) is 2.01. The molecule has 0 atom stereocenters. The van der Waals surface area contributed by atoms with E-state index in [0.29, 0.717) is 65.4 Å². The highest BCUT2D eigenvalue weighted by atomic mass is 16.7. The number of nitrogens with zero attached hydrogens (tertiary/aromatic N) is 2. The quantitative estimate of drug-likeness (QED) is 0.461. The Hall–Kier alpha value is -3.40. The van der Waals surface area contributed by atoms with E-state index in [1.54, 1.807) is 16.7 Å². The van der Waals surface area contributed by atoms with Crippen molar-refractivity contribution in [3.63, 3.8) is 0 Å². The molecule has 2 aliphatic heterocycles. The van der Waals surface area contributed by atoms with Crippen molar-refractivity contribution in [2.75, 3.05) is 39.6 Å². The van der Waals surface area contributed by atoms with Crippen molar-refractivity contribution in [2.24, 2.45) is 0 Å². The zero-order valence-corrected chi connectivity index (χ0v) is 18.5. The Balaban J connectivity index is 1.52. The molecule has 1 saturated heterocycles. The van der Waals surface area contributed by atoms with Crippen LogP contribution in [0.15, 0.2) is 29.1 Å². The first-order chi connectivity index (χ1) is 16.6. The molecule has 1 aliphatic carbocycles. The van der Waals surface area contributed by atoms with Crippen molar-refractivity contribution < 1.29 is 29.2 Å². The van der Waals surface area contributed by atoms with Crippen molar-refractivity contribution in [1.29, 1.82) is 0 Å². The fraction of sp³-hybridized carbons (Fsp3) is 0.360. The third-order valence-electron chi connectivity index (χ3n) is 6.84. The largest absolute Gasteiger partial charge is 0.508 e. The lowest BCUT2D eigenvalue weighted by Gasteiger charge is -2.26. The Morgan fingerprint density at radius 1 is 0.912 bits per heavy atom. The molecule has 2 N–H and O–H groups in total. The maximum atomic E-state index is 13.7. The van der Waals surface area contributed by atoms with Gasteiger partial charge >= 0.3 is 0 Å². The van der Waals surface area contributed by atoms with Gasteiger partial charge in [0.15, 0.2) is 17.3 Å². The van der Waals surface area contributed by atoms with Crippen LogP contribution in [0.3, 0.4) is 0 Å². The number of hydrogen-bond donors (Lipinski definition) is 2. The number of ether oxygens (including phenoxy) is 3. The maximum absolute atomic E-state index is 13.7. The molecule has 3 heterocycles. The van der Waals surface area contributed by atoms with Crippen LogP contribution in [0.5, 0.6) is 17.2 Å². The first kappa shape index (κ1) is 21.2. The fourth-order valence-corrected chi connectivity index (χ4v) is 5.11. The van der Waals surface area contributed by atoms with E-state index in [1.807, 2.05) is 0 Å². The van der Waals surface area contributed by atoms with Crippen LogP contribution in [-0.2, 0) is 17.9 Å². The fourth-order valence-electron chi connectivity index (χ4n) is 5.11. The number of benzene rings is 2. The maximum Gasteiger partial charge on any atom is 0.259 e. The molecule has 0 unspecified atom stereocenters. The van der Waals surface area contributed by atoms with E-state index in [-0.39, 0.29) is 34.8 Å². The lowest BCUT2D eigenvalue weighted by molar-refractivity contribution is 0.0369. The first-order valence-corrected chi connectivity index (χ1v) is 11.4. The van der Waals surface area contributed by atoms with Gasteiger partial charge < -0.3 is 29.0 Å². The van der Waals surface area contributed by atoms with Gasteiger partial charge in [0.05, 0.1) is 36.5 Å². The molecule has 1 aromatic heterocycles. The summed E-state index contributed by atoms with van der Waals surface area (Å²) in [5, 5.41) is 20.7. The van der Waals surface area contributed by atoms with Crippen molar-refractivity contribution in [2.45, 2.75) is 19.6 Å². The predicted octanol–water partition coefficient (Wildman–Crippen LogP) is 1.86. The van der Waals surface area contributed by atoms with E-state index >= 15 is 0 Å². The van der Waals surface area contributed by atoms with E-state index in [2.05, 4.69) is 4.90 Å². The topological polar surface area (TPSA) is 110 Å². The Morgan fingerprint density at radius 3 is 2.38 bits per heavy atom. The van der Waals surface area contributed by atoms with Crippen molar-refractivity contribution >= 4 is 16.6 Å². The predicted molar refractivity (Wildman–Crippen MR) is 123 cm³/mol. The number of fused-ring (bicyclic) bond motifs is 6. The summed E-state index contributed by atoms with van der Waals surface area (Å²) in [4.78, 5) is 29.6.